The second-order valence-corrected chi connectivity index (χ2v) is 16.8. The van der Waals surface area contributed by atoms with Crippen LogP contribution in [0.5, 0.6) is 17.2 Å². The quantitative estimate of drug-likeness (QED) is 0.0737. The van der Waals surface area contributed by atoms with Gasteiger partial charge in [0.1, 0.15) is 23.9 Å². The molecule has 0 unspecified atom stereocenters. The van der Waals surface area contributed by atoms with Crippen LogP contribution in [0.1, 0.15) is 35.2 Å². The number of ketones is 1. The van der Waals surface area contributed by atoms with Crippen LogP contribution in [0, 0.1) is 0 Å². The molecule has 0 atom stereocenters. The lowest BCUT2D eigenvalue weighted by Crippen LogP contribution is -2.33. The fourth-order valence-electron chi connectivity index (χ4n) is 5.43. The van der Waals surface area contributed by atoms with Crippen molar-refractivity contribution < 1.29 is 75.5 Å². The van der Waals surface area contributed by atoms with Gasteiger partial charge in [-0.1, -0.05) is 6.42 Å². The highest BCUT2D eigenvalue weighted by atomic mass is 32.1. The lowest BCUT2D eigenvalue weighted by atomic mass is 9.97. The molecule has 1 aliphatic rings. The Hall–Kier alpha value is -4.04. The molecule has 0 aliphatic carbocycles. The van der Waals surface area contributed by atoms with Gasteiger partial charge in [0.2, 0.25) is 0 Å². The summed E-state index contributed by atoms with van der Waals surface area (Å²) >= 11 is 1.46. The Morgan fingerprint density at radius 2 is 1.43 bits per heavy atom. The Kier molecular flexibility index (Phi) is 17.8. The Balaban J connectivity index is 0.000000627. The number of ether oxygens (including phenoxy) is 1. The van der Waals surface area contributed by atoms with Gasteiger partial charge in [-0.25, -0.2) is 4.98 Å². The molecule has 3 aromatic carbocycles. The summed E-state index contributed by atoms with van der Waals surface area (Å²) in [5.41, 5.74) is 2.03. The number of hydrogen-bond donors (Lipinski definition) is 7. The number of carbonyl (C=O) groups excluding carboxylic acids is 1. The Morgan fingerprint density at radius 3 is 1.98 bits per heavy atom. The maximum absolute atomic E-state index is 13.6. The number of phenolic OH excluding ortho intramolecular Hbond substituents is 2. The third-order valence-electron chi connectivity index (χ3n) is 8.16. The lowest BCUT2D eigenvalue weighted by molar-refractivity contribution is 0.104. The maximum atomic E-state index is 13.6. The lowest BCUT2D eigenvalue weighted by Gasteiger charge is -2.29. The maximum Gasteiger partial charge on any atom is 0.371 e. The third-order valence-corrected chi connectivity index (χ3v) is 13.1. The number of aromatic nitrogens is 2. The minimum atomic E-state index is -5.41. The molecule has 21 heteroatoms. The first-order valence-electron chi connectivity index (χ1n) is 15.5. The van der Waals surface area contributed by atoms with Crippen LogP contribution in [-0.4, -0.2) is 108 Å². The van der Waals surface area contributed by atoms with Crippen molar-refractivity contribution in [1.82, 2.24) is 14.5 Å². The van der Waals surface area contributed by atoms with E-state index in [0.29, 0.717) is 17.7 Å². The van der Waals surface area contributed by atoms with Crippen molar-refractivity contribution >= 4 is 42.4 Å². The normalized spacial score (nSPS) is 13.2. The van der Waals surface area contributed by atoms with Crippen LogP contribution in [0.2, 0.25) is 0 Å². The van der Waals surface area contributed by atoms with Crippen molar-refractivity contribution in [1.29, 1.82) is 0 Å². The number of piperidine rings is 1. The van der Waals surface area contributed by atoms with E-state index >= 15 is 0 Å². The van der Waals surface area contributed by atoms with Gasteiger partial charge in [-0.2, -0.15) is 0 Å². The molecule has 0 saturated carbocycles. The van der Waals surface area contributed by atoms with Crippen molar-refractivity contribution in [2.24, 2.45) is 0 Å². The molecule has 1 fully saturated rings. The molecule has 0 spiro atoms. The molecule has 18 nitrogen and oxygen atoms in total. The number of nitrogens with zero attached hydrogens (tertiary/aromatic N) is 3. The summed E-state index contributed by atoms with van der Waals surface area (Å²) in [5.74, 6) is 1.01. The van der Waals surface area contributed by atoms with Gasteiger partial charge in [0.25, 0.3) is 5.08 Å². The summed E-state index contributed by atoms with van der Waals surface area (Å²) < 4.78 is 29.6. The average molecular weight is 818 g/mol. The summed E-state index contributed by atoms with van der Waals surface area (Å²) in [6.45, 7) is 2.89. The van der Waals surface area contributed by atoms with Gasteiger partial charge in [-0.3, -0.25) is 18.8 Å². The number of likely N-dealkylation sites (tertiary alicyclic amines) is 1. The molecular formula is C33H45N3O15P2S. The van der Waals surface area contributed by atoms with E-state index < -0.39 is 26.8 Å². The summed E-state index contributed by atoms with van der Waals surface area (Å²) in [7, 11) is -10.8. The molecule has 3 heterocycles. The van der Waals surface area contributed by atoms with E-state index in [1.807, 2.05) is 24.3 Å². The number of imidazole rings is 1. The van der Waals surface area contributed by atoms with E-state index in [1.54, 1.807) is 42.5 Å². The van der Waals surface area contributed by atoms with Crippen LogP contribution in [0.3, 0.4) is 0 Å². The molecule has 5 aromatic rings. The van der Waals surface area contributed by atoms with Gasteiger partial charge in [-0.05, 0) is 98.2 Å². The van der Waals surface area contributed by atoms with Crippen molar-refractivity contribution in [3.05, 3.63) is 96.6 Å². The molecule has 1 saturated heterocycles. The highest BCUT2D eigenvalue weighted by Crippen LogP contribution is 2.68. The predicted octanol–water partition coefficient (Wildman–Crippen LogP) is 1.66. The van der Waals surface area contributed by atoms with Gasteiger partial charge in [-0.15, -0.1) is 11.3 Å². The number of carbonyl (C=O) groups is 1. The zero-order chi connectivity index (χ0) is 36.1. The molecule has 54 heavy (non-hydrogen) atoms. The van der Waals surface area contributed by atoms with E-state index in [-0.39, 0.29) is 39.2 Å². The zero-order valence-electron chi connectivity index (χ0n) is 28.6. The van der Waals surface area contributed by atoms with Gasteiger partial charge < -0.3 is 66.1 Å². The van der Waals surface area contributed by atoms with Crippen LogP contribution >= 0.6 is 26.5 Å². The number of benzene rings is 3. The van der Waals surface area contributed by atoms with Gasteiger partial charge in [0, 0.05) is 45.0 Å². The van der Waals surface area contributed by atoms with Gasteiger partial charge >= 0.3 is 15.2 Å². The van der Waals surface area contributed by atoms with Crippen LogP contribution in [0.4, 0.5) is 0 Å². The first-order valence-corrected chi connectivity index (χ1v) is 19.5. The minimum Gasteiger partial charge on any atom is -0.508 e. The number of thiophene rings is 1. The molecule has 6 rings (SSSR count). The van der Waals surface area contributed by atoms with E-state index in [0.717, 1.165) is 56.8 Å². The number of aromatic hydroxyl groups is 2. The number of phenols is 2. The van der Waals surface area contributed by atoms with Crippen LogP contribution in [0.15, 0.2) is 85.5 Å². The van der Waals surface area contributed by atoms with Gasteiger partial charge in [0.15, 0.2) is 5.78 Å². The van der Waals surface area contributed by atoms with E-state index in [1.165, 1.54) is 43.0 Å². The van der Waals surface area contributed by atoms with E-state index in [4.69, 9.17) is 24.3 Å². The second kappa shape index (κ2) is 20.0. The molecule has 0 radical (unpaired) electrons. The Labute approximate surface area is 313 Å². The highest BCUT2D eigenvalue weighted by molar-refractivity contribution is 7.72. The van der Waals surface area contributed by atoms with E-state index in [2.05, 4.69) is 9.88 Å². The molecule has 1 aliphatic heterocycles. The zero-order valence-corrected chi connectivity index (χ0v) is 31.3. The topological polar surface area (TPSA) is 349 Å². The minimum absolute atomic E-state index is 0. The predicted molar refractivity (Wildman–Crippen MR) is 202 cm³/mol. The van der Waals surface area contributed by atoms with Crippen LogP contribution in [0.25, 0.3) is 20.5 Å². The fourth-order valence-corrected chi connectivity index (χ4v) is 8.72. The summed E-state index contributed by atoms with van der Waals surface area (Å²) in [6, 6.07) is 19.2. The Morgan fingerprint density at radius 1 is 0.833 bits per heavy atom. The summed E-state index contributed by atoms with van der Waals surface area (Å²) in [6.07, 6.45) is 7.36. The SMILES string of the molecule is O.O.O.O.O=C(c1ccc(OCCN2CCCCC2)cc1)c1c(-c2ccc(O)cc2)sc2cc(O)ccc12.O=P(O)(O)C(O)(Cn1ccnc1)P(=O)(O)O. The van der Waals surface area contributed by atoms with Crippen LogP contribution in [-0.2, 0) is 15.7 Å². The number of rotatable bonds is 11. The second-order valence-electron chi connectivity index (χ2n) is 11.7. The first-order chi connectivity index (χ1) is 23.7. The van der Waals surface area contributed by atoms with Crippen molar-refractivity contribution in [3.8, 4) is 27.7 Å². The van der Waals surface area contributed by atoms with Crippen molar-refractivity contribution in [3.63, 3.8) is 0 Å². The van der Waals surface area contributed by atoms with Gasteiger partial charge in [0.05, 0.1) is 12.9 Å². The number of aliphatic hydroxyl groups is 1. The molecule has 2 aromatic heterocycles. The largest absolute Gasteiger partial charge is 0.508 e. The average Bonchev–Trinajstić information content (AvgIpc) is 3.72. The highest BCUT2D eigenvalue weighted by Gasteiger charge is 2.59. The van der Waals surface area contributed by atoms with Crippen molar-refractivity contribution in [2.45, 2.75) is 30.9 Å². The first kappa shape index (κ1) is 48.0. The summed E-state index contributed by atoms with van der Waals surface area (Å²) in [5, 5.41) is 26.5. The standard InChI is InChI=1S/C28H27NO4S.C5H10N2O7P2.4H2O/c30-21-8-4-20(5-9-21)28-26(24-13-10-22(31)18-25(24)34-28)27(32)19-6-11-23(12-7-19)33-17-16-29-14-2-1-3-15-29;8-5(15(9,10)11,16(12,13)14)3-7-2-1-6-4-7;;;;/h4-13,18,30-31H,1-3,14-17H2;1-2,4,8H,3H2,(H2,9,10,11)(H2,12,13,14);4*1H2. The smallest absolute Gasteiger partial charge is 0.371 e. The molecule has 298 valence electrons. The molecule has 15 N–H and O–H groups in total. The van der Waals surface area contributed by atoms with Crippen molar-refractivity contribution in [2.75, 3.05) is 26.2 Å². The third kappa shape index (κ3) is 11.2. The summed E-state index contributed by atoms with van der Waals surface area (Å²) in [4.78, 5) is 55.6. The molecule has 0 bridgehead atoms. The Bertz CT molecular complexity index is 1990. The molecular weight excluding hydrogens is 772 g/mol. The molecule has 0 amide bonds. The number of fused-ring (bicyclic) bond motifs is 1. The van der Waals surface area contributed by atoms with E-state index in [9.17, 15) is 29.2 Å². The van der Waals surface area contributed by atoms with Crippen LogP contribution < -0.4 is 4.74 Å². The number of hydrogen-bond acceptors (Lipinski definition) is 10. The monoisotopic (exact) mass is 817 g/mol. The fraction of sp³-hybridized carbons (Fsp3) is 0.273.